The second-order valence-electron chi connectivity index (χ2n) is 6.43. The van der Waals surface area contributed by atoms with Crippen molar-refractivity contribution in [2.45, 2.75) is 45.6 Å². The van der Waals surface area contributed by atoms with E-state index in [9.17, 15) is 0 Å². The second-order valence-corrected chi connectivity index (χ2v) is 6.43. The Morgan fingerprint density at radius 2 is 2.18 bits per heavy atom. The number of hydrogen-bond acceptors (Lipinski definition) is 2. The lowest BCUT2D eigenvalue weighted by Crippen LogP contribution is -2.31. The quantitative estimate of drug-likeness (QED) is 0.867. The molecule has 1 aromatic heterocycles. The van der Waals surface area contributed by atoms with Crippen molar-refractivity contribution < 1.29 is 0 Å². The van der Waals surface area contributed by atoms with Gasteiger partial charge >= 0.3 is 0 Å². The maximum Gasteiger partial charge on any atom is 0.0630 e. The molecule has 2 atom stereocenters. The topological polar surface area (TPSA) is 43.8 Å². The molecule has 1 heterocycles. The van der Waals surface area contributed by atoms with Crippen LogP contribution in [0, 0.1) is 17.3 Å². The normalized spacial score (nSPS) is 35.3. The number of fused-ring (bicyclic) bond motifs is 1. The first-order valence-electron chi connectivity index (χ1n) is 6.86. The molecular formula is C14H23N3. The highest BCUT2D eigenvalue weighted by Gasteiger charge is 2.53. The molecule has 17 heavy (non-hydrogen) atoms. The van der Waals surface area contributed by atoms with Gasteiger partial charge in [-0.25, -0.2) is 0 Å². The van der Waals surface area contributed by atoms with Crippen molar-refractivity contribution in [1.29, 1.82) is 0 Å². The largest absolute Gasteiger partial charge is 0.330 e. The summed E-state index contributed by atoms with van der Waals surface area (Å²) < 4.78 is 2.05. The molecule has 0 spiro atoms. The lowest BCUT2D eigenvalue weighted by Gasteiger charge is -2.28. The lowest BCUT2D eigenvalue weighted by atomic mass is 9.79. The molecule has 0 saturated heterocycles. The van der Waals surface area contributed by atoms with Crippen LogP contribution in [0.5, 0.6) is 0 Å². The number of aromatic nitrogens is 2. The van der Waals surface area contributed by atoms with E-state index in [1.54, 1.807) is 0 Å². The van der Waals surface area contributed by atoms with Gasteiger partial charge in [-0.2, -0.15) is 5.10 Å². The molecule has 1 aromatic rings. The zero-order chi connectivity index (χ0) is 12.0. The summed E-state index contributed by atoms with van der Waals surface area (Å²) in [6.07, 6.45) is 7.31. The van der Waals surface area contributed by atoms with Crippen LogP contribution < -0.4 is 5.73 Å². The summed E-state index contributed by atoms with van der Waals surface area (Å²) in [5, 5.41) is 4.67. The molecule has 0 radical (unpaired) electrons. The molecule has 0 aromatic carbocycles. The first-order valence-corrected chi connectivity index (χ1v) is 6.86. The van der Waals surface area contributed by atoms with E-state index in [1.165, 1.54) is 25.0 Å². The minimum Gasteiger partial charge on any atom is -0.330 e. The fourth-order valence-corrected chi connectivity index (χ4v) is 3.53. The Morgan fingerprint density at radius 1 is 1.47 bits per heavy atom. The third kappa shape index (κ3) is 2.01. The van der Waals surface area contributed by atoms with E-state index < -0.39 is 0 Å². The monoisotopic (exact) mass is 233 g/mol. The highest BCUT2D eigenvalue weighted by atomic mass is 15.3. The fraction of sp³-hybridized carbons (Fsp3) is 0.786. The molecule has 3 rings (SSSR count). The molecule has 2 aliphatic carbocycles. The molecule has 0 bridgehead atoms. The van der Waals surface area contributed by atoms with Gasteiger partial charge in [-0.1, -0.05) is 0 Å². The Kier molecular flexibility index (Phi) is 2.54. The van der Waals surface area contributed by atoms with Gasteiger partial charge in [-0.15, -0.1) is 0 Å². The van der Waals surface area contributed by atoms with Crippen LogP contribution in [0.1, 0.15) is 44.8 Å². The van der Waals surface area contributed by atoms with E-state index in [1.807, 2.05) is 0 Å². The molecule has 0 aliphatic heterocycles. The van der Waals surface area contributed by atoms with Gasteiger partial charge < -0.3 is 5.73 Å². The SMILES string of the molecule is CC(C)n1ccc(CC2(CN)CC3CC3C2)n1. The maximum atomic E-state index is 6.03. The highest BCUT2D eigenvalue weighted by molar-refractivity contribution is 5.11. The molecule has 3 heteroatoms. The summed E-state index contributed by atoms with van der Waals surface area (Å²) in [6, 6.07) is 2.62. The van der Waals surface area contributed by atoms with Crippen molar-refractivity contribution in [3.8, 4) is 0 Å². The molecule has 2 unspecified atom stereocenters. The van der Waals surface area contributed by atoms with Crippen molar-refractivity contribution >= 4 is 0 Å². The molecule has 2 fully saturated rings. The summed E-state index contributed by atoms with van der Waals surface area (Å²) in [5.74, 6) is 1.98. The van der Waals surface area contributed by atoms with Gasteiger partial charge in [0, 0.05) is 12.2 Å². The van der Waals surface area contributed by atoms with Crippen LogP contribution in [-0.4, -0.2) is 16.3 Å². The third-order valence-electron chi connectivity index (χ3n) is 4.64. The Hall–Kier alpha value is -0.830. The standard InChI is InChI=1S/C14H23N3/c1-10(2)17-4-3-13(16-17)8-14(9-15)6-11-5-12(11)7-14/h3-4,10-12H,5-9,15H2,1-2H3. The van der Waals surface area contributed by atoms with Gasteiger partial charge in [0.1, 0.15) is 0 Å². The van der Waals surface area contributed by atoms with E-state index in [0.29, 0.717) is 11.5 Å². The van der Waals surface area contributed by atoms with Crippen LogP contribution in [-0.2, 0) is 6.42 Å². The molecule has 2 aliphatic rings. The maximum absolute atomic E-state index is 6.03. The van der Waals surface area contributed by atoms with E-state index >= 15 is 0 Å². The molecule has 94 valence electrons. The first-order chi connectivity index (χ1) is 8.12. The molecule has 2 N–H and O–H groups in total. The number of hydrogen-bond donors (Lipinski definition) is 1. The highest BCUT2D eigenvalue weighted by Crippen LogP contribution is 2.60. The van der Waals surface area contributed by atoms with Crippen molar-refractivity contribution in [3.05, 3.63) is 18.0 Å². The molecular weight excluding hydrogens is 210 g/mol. The number of rotatable bonds is 4. The molecule has 0 amide bonds. The van der Waals surface area contributed by atoms with Crippen LogP contribution in [0.4, 0.5) is 0 Å². The van der Waals surface area contributed by atoms with Gasteiger partial charge in [0.2, 0.25) is 0 Å². The first kappa shape index (κ1) is 11.3. The van der Waals surface area contributed by atoms with E-state index in [4.69, 9.17) is 5.73 Å². The Morgan fingerprint density at radius 3 is 2.71 bits per heavy atom. The van der Waals surface area contributed by atoms with Crippen LogP contribution in [0.15, 0.2) is 12.3 Å². The summed E-state index contributed by atoms with van der Waals surface area (Å²) >= 11 is 0. The van der Waals surface area contributed by atoms with E-state index in [2.05, 4.69) is 35.9 Å². The summed E-state index contributed by atoms with van der Waals surface area (Å²) in [6.45, 7) is 5.16. The van der Waals surface area contributed by atoms with Crippen LogP contribution in [0.2, 0.25) is 0 Å². The molecule has 3 nitrogen and oxygen atoms in total. The zero-order valence-corrected chi connectivity index (χ0v) is 10.9. The predicted molar refractivity (Wildman–Crippen MR) is 68.6 cm³/mol. The third-order valence-corrected chi connectivity index (χ3v) is 4.64. The van der Waals surface area contributed by atoms with Crippen LogP contribution >= 0.6 is 0 Å². The minimum atomic E-state index is 0.365. The van der Waals surface area contributed by atoms with Gasteiger partial charge in [-0.3, -0.25) is 4.68 Å². The van der Waals surface area contributed by atoms with Crippen LogP contribution in [0.3, 0.4) is 0 Å². The van der Waals surface area contributed by atoms with Crippen molar-refractivity contribution in [2.24, 2.45) is 23.0 Å². The zero-order valence-electron chi connectivity index (χ0n) is 10.9. The second kappa shape index (κ2) is 3.84. The Labute approximate surface area is 103 Å². The number of nitrogens with zero attached hydrogens (tertiary/aromatic N) is 2. The van der Waals surface area contributed by atoms with Crippen molar-refractivity contribution in [2.75, 3.05) is 6.54 Å². The summed E-state index contributed by atoms with van der Waals surface area (Å²) in [7, 11) is 0. The smallest absolute Gasteiger partial charge is 0.0630 e. The van der Waals surface area contributed by atoms with E-state index in [-0.39, 0.29) is 0 Å². The van der Waals surface area contributed by atoms with Gasteiger partial charge in [0.15, 0.2) is 0 Å². The lowest BCUT2D eigenvalue weighted by molar-refractivity contribution is 0.269. The minimum absolute atomic E-state index is 0.365. The fourth-order valence-electron chi connectivity index (χ4n) is 3.53. The van der Waals surface area contributed by atoms with Crippen molar-refractivity contribution in [1.82, 2.24) is 9.78 Å². The van der Waals surface area contributed by atoms with E-state index in [0.717, 1.165) is 24.8 Å². The predicted octanol–water partition coefficient (Wildman–Crippen LogP) is 2.38. The van der Waals surface area contributed by atoms with Gasteiger partial charge in [0.05, 0.1) is 5.69 Å². The summed E-state index contributed by atoms with van der Waals surface area (Å²) in [4.78, 5) is 0. The Bertz CT molecular complexity index is 397. The summed E-state index contributed by atoms with van der Waals surface area (Å²) in [5.41, 5.74) is 7.62. The van der Waals surface area contributed by atoms with Crippen LogP contribution in [0.25, 0.3) is 0 Å². The molecule has 2 saturated carbocycles. The van der Waals surface area contributed by atoms with Gasteiger partial charge in [-0.05, 0) is 69.4 Å². The van der Waals surface area contributed by atoms with Gasteiger partial charge in [0.25, 0.3) is 0 Å². The average molecular weight is 233 g/mol. The number of nitrogens with two attached hydrogens (primary N) is 1. The average Bonchev–Trinajstić information content (AvgIpc) is 2.77. The Balaban J connectivity index is 1.72. The van der Waals surface area contributed by atoms with Crippen molar-refractivity contribution in [3.63, 3.8) is 0 Å².